The average Bonchev–Trinajstić information content (AvgIpc) is 2.15. The lowest BCUT2D eigenvalue weighted by molar-refractivity contribution is -0.125. The summed E-state index contributed by atoms with van der Waals surface area (Å²) in [5, 5.41) is 2.11. The van der Waals surface area contributed by atoms with Gasteiger partial charge in [-0.3, -0.25) is 15.0 Å². The number of nitrogens with one attached hydrogen (secondary N) is 1. The van der Waals surface area contributed by atoms with Crippen molar-refractivity contribution in [2.45, 2.75) is 32.7 Å². The predicted octanol–water partition coefficient (Wildman–Crippen LogP) is 0.302. The van der Waals surface area contributed by atoms with Crippen molar-refractivity contribution < 1.29 is 9.59 Å². The zero-order valence-corrected chi connectivity index (χ0v) is 9.32. The largest absolute Gasteiger partial charge is 0.351 e. The number of rotatable bonds is 2. The van der Waals surface area contributed by atoms with Crippen molar-refractivity contribution in [3.63, 3.8) is 0 Å². The normalized spacial score (nSPS) is 24.5. The molecule has 1 fully saturated rings. The van der Waals surface area contributed by atoms with Gasteiger partial charge in [0.25, 0.3) is 0 Å². The molecule has 3 N–H and O–H groups in total. The molecule has 1 saturated heterocycles. The van der Waals surface area contributed by atoms with Crippen LogP contribution in [-0.4, -0.2) is 36.0 Å². The number of likely N-dealkylation sites (tertiary alicyclic amines) is 1. The van der Waals surface area contributed by atoms with E-state index in [9.17, 15) is 9.59 Å². The van der Waals surface area contributed by atoms with Gasteiger partial charge in [-0.2, -0.15) is 0 Å². The molecule has 3 amide bonds. The van der Waals surface area contributed by atoms with E-state index in [1.54, 1.807) is 6.92 Å². The van der Waals surface area contributed by atoms with Crippen molar-refractivity contribution in [1.82, 2.24) is 10.2 Å². The van der Waals surface area contributed by atoms with Crippen LogP contribution in [0.25, 0.3) is 0 Å². The first-order valence-electron chi connectivity index (χ1n) is 5.35. The van der Waals surface area contributed by atoms with Crippen LogP contribution in [0, 0.1) is 5.92 Å². The van der Waals surface area contributed by atoms with Crippen LogP contribution < -0.4 is 11.1 Å². The highest BCUT2D eigenvalue weighted by Crippen LogP contribution is 2.17. The summed E-state index contributed by atoms with van der Waals surface area (Å²) >= 11 is 0. The molecule has 2 atom stereocenters. The number of nitrogens with two attached hydrogens (primary N) is 1. The summed E-state index contributed by atoms with van der Waals surface area (Å²) in [4.78, 5) is 24.1. The molecule has 0 aliphatic carbocycles. The number of carbonyl (C=O) groups excluding carboxylic acids is 2. The minimum absolute atomic E-state index is 0.278. The number of piperidine rings is 1. The van der Waals surface area contributed by atoms with Gasteiger partial charge in [0.2, 0.25) is 5.91 Å². The van der Waals surface area contributed by atoms with E-state index in [1.165, 1.54) is 6.42 Å². The first-order chi connectivity index (χ1) is 7.00. The molecule has 0 saturated carbocycles. The highest BCUT2D eigenvalue weighted by molar-refractivity contribution is 5.96. The molecule has 5 heteroatoms. The van der Waals surface area contributed by atoms with Gasteiger partial charge in [-0.05, 0) is 32.2 Å². The lowest BCUT2D eigenvalue weighted by Crippen LogP contribution is -2.51. The van der Waals surface area contributed by atoms with Crippen LogP contribution in [0.4, 0.5) is 4.79 Å². The van der Waals surface area contributed by atoms with E-state index in [0.29, 0.717) is 5.92 Å². The Bertz CT molecular complexity index is 255. The van der Waals surface area contributed by atoms with E-state index in [4.69, 9.17) is 5.73 Å². The molecule has 0 unspecified atom stereocenters. The fraction of sp³-hybridized carbons (Fsp3) is 0.800. The number of nitrogens with zero attached hydrogens (tertiary/aromatic N) is 1. The van der Waals surface area contributed by atoms with Crippen molar-refractivity contribution in [1.29, 1.82) is 0 Å². The average molecular weight is 213 g/mol. The van der Waals surface area contributed by atoms with Crippen molar-refractivity contribution >= 4 is 11.9 Å². The number of hydrogen-bond acceptors (Lipinski definition) is 3. The zero-order chi connectivity index (χ0) is 11.4. The molecule has 0 aromatic heterocycles. The van der Waals surface area contributed by atoms with Crippen LogP contribution in [0.1, 0.15) is 26.7 Å². The summed E-state index contributed by atoms with van der Waals surface area (Å²) in [6.45, 7) is 5.80. The number of amides is 3. The number of carbonyl (C=O) groups is 2. The number of imide groups is 1. The molecular formula is C10H19N3O2. The maximum atomic E-state index is 11.5. The fourth-order valence-electron chi connectivity index (χ4n) is 1.97. The number of hydrogen-bond donors (Lipinski definition) is 2. The van der Waals surface area contributed by atoms with E-state index in [-0.39, 0.29) is 11.9 Å². The summed E-state index contributed by atoms with van der Waals surface area (Å²) in [5.41, 5.74) is 4.90. The summed E-state index contributed by atoms with van der Waals surface area (Å²) in [6, 6.07) is -1.06. The monoisotopic (exact) mass is 213 g/mol. The Morgan fingerprint density at radius 3 is 2.73 bits per heavy atom. The Morgan fingerprint density at radius 1 is 1.53 bits per heavy atom. The zero-order valence-electron chi connectivity index (χ0n) is 9.32. The SMILES string of the molecule is C[C@H]1CCCN([C@@H](C)C(=O)NC(N)=O)C1. The molecule has 0 aromatic carbocycles. The highest BCUT2D eigenvalue weighted by Gasteiger charge is 2.25. The molecule has 0 spiro atoms. The third-order valence-corrected chi connectivity index (χ3v) is 2.86. The van der Waals surface area contributed by atoms with Gasteiger partial charge >= 0.3 is 6.03 Å². The maximum absolute atomic E-state index is 11.5. The molecule has 1 aliphatic rings. The van der Waals surface area contributed by atoms with Crippen LogP contribution in [0.2, 0.25) is 0 Å². The molecule has 5 nitrogen and oxygen atoms in total. The van der Waals surface area contributed by atoms with E-state index in [0.717, 1.165) is 19.5 Å². The molecule has 86 valence electrons. The smallest absolute Gasteiger partial charge is 0.318 e. The minimum Gasteiger partial charge on any atom is -0.351 e. The van der Waals surface area contributed by atoms with Crippen LogP contribution in [-0.2, 0) is 4.79 Å². The van der Waals surface area contributed by atoms with Gasteiger partial charge in [0.15, 0.2) is 0 Å². The lowest BCUT2D eigenvalue weighted by atomic mass is 9.99. The van der Waals surface area contributed by atoms with Gasteiger partial charge in [0.05, 0.1) is 6.04 Å². The number of primary amides is 1. The quantitative estimate of drug-likeness (QED) is 0.692. The second kappa shape index (κ2) is 5.11. The predicted molar refractivity (Wildman–Crippen MR) is 57.2 cm³/mol. The molecular weight excluding hydrogens is 194 g/mol. The molecule has 1 aliphatic heterocycles. The van der Waals surface area contributed by atoms with Crippen LogP contribution >= 0.6 is 0 Å². The van der Waals surface area contributed by atoms with E-state index in [1.807, 2.05) is 0 Å². The Morgan fingerprint density at radius 2 is 2.20 bits per heavy atom. The topological polar surface area (TPSA) is 75.4 Å². The van der Waals surface area contributed by atoms with Crippen LogP contribution in [0.3, 0.4) is 0 Å². The van der Waals surface area contributed by atoms with Gasteiger partial charge in [-0.1, -0.05) is 6.92 Å². The molecule has 0 aromatic rings. The first kappa shape index (κ1) is 12.0. The van der Waals surface area contributed by atoms with Crippen molar-refractivity contribution in [2.75, 3.05) is 13.1 Å². The van der Waals surface area contributed by atoms with Gasteiger partial charge in [-0.15, -0.1) is 0 Å². The maximum Gasteiger partial charge on any atom is 0.318 e. The third-order valence-electron chi connectivity index (χ3n) is 2.86. The molecule has 15 heavy (non-hydrogen) atoms. The summed E-state index contributed by atoms with van der Waals surface area (Å²) < 4.78 is 0. The third kappa shape index (κ3) is 3.51. The Kier molecular flexibility index (Phi) is 4.08. The number of urea groups is 1. The van der Waals surface area contributed by atoms with E-state index >= 15 is 0 Å². The summed E-state index contributed by atoms with van der Waals surface area (Å²) in [5.74, 6) is 0.305. The summed E-state index contributed by atoms with van der Waals surface area (Å²) in [7, 11) is 0. The van der Waals surface area contributed by atoms with E-state index < -0.39 is 6.03 Å². The summed E-state index contributed by atoms with van der Waals surface area (Å²) in [6.07, 6.45) is 2.32. The second-order valence-electron chi connectivity index (χ2n) is 4.27. The molecule has 1 rings (SSSR count). The first-order valence-corrected chi connectivity index (χ1v) is 5.35. The fourth-order valence-corrected chi connectivity index (χ4v) is 1.97. The molecule has 0 radical (unpaired) electrons. The Labute approximate surface area is 90.0 Å². The van der Waals surface area contributed by atoms with Crippen LogP contribution in [0.15, 0.2) is 0 Å². The van der Waals surface area contributed by atoms with Crippen LogP contribution in [0.5, 0.6) is 0 Å². The minimum atomic E-state index is -0.781. The van der Waals surface area contributed by atoms with Gasteiger partial charge < -0.3 is 5.73 Å². The van der Waals surface area contributed by atoms with Crippen molar-refractivity contribution in [3.8, 4) is 0 Å². The lowest BCUT2D eigenvalue weighted by Gasteiger charge is -2.34. The van der Waals surface area contributed by atoms with E-state index in [2.05, 4.69) is 17.1 Å². The second-order valence-corrected chi connectivity index (χ2v) is 4.27. The molecule has 0 bridgehead atoms. The van der Waals surface area contributed by atoms with Crippen molar-refractivity contribution in [3.05, 3.63) is 0 Å². The molecule has 1 heterocycles. The van der Waals surface area contributed by atoms with Gasteiger partial charge in [0, 0.05) is 6.54 Å². The standard InChI is InChI=1S/C10H19N3O2/c1-7-4-3-5-13(6-7)8(2)9(14)12-10(11)15/h7-8H,3-6H2,1-2H3,(H3,11,12,14,15)/t7-,8-/m0/s1. The van der Waals surface area contributed by atoms with Crippen molar-refractivity contribution in [2.24, 2.45) is 11.7 Å². The Hall–Kier alpha value is -1.10. The highest BCUT2D eigenvalue weighted by atomic mass is 16.2. The van der Waals surface area contributed by atoms with Gasteiger partial charge in [-0.25, -0.2) is 4.79 Å². The Balaban J connectivity index is 2.47. The van der Waals surface area contributed by atoms with Gasteiger partial charge in [0.1, 0.15) is 0 Å².